The zero-order valence-corrected chi connectivity index (χ0v) is 13.7. The summed E-state index contributed by atoms with van der Waals surface area (Å²) >= 11 is 0. The van der Waals surface area contributed by atoms with Crippen molar-refractivity contribution in [3.8, 4) is 5.75 Å². The molecule has 0 saturated carbocycles. The summed E-state index contributed by atoms with van der Waals surface area (Å²) in [4.78, 5) is 11.5. The minimum atomic E-state index is -0.454. The molecule has 0 aliphatic rings. The summed E-state index contributed by atoms with van der Waals surface area (Å²) in [7, 11) is 0. The lowest BCUT2D eigenvalue weighted by atomic mass is 10.1. The molecule has 0 radical (unpaired) electrons. The Labute approximate surface area is 132 Å². The minimum Gasteiger partial charge on any atom is -0.491 e. The lowest BCUT2D eigenvalue weighted by molar-refractivity contribution is 0.0527. The Kier molecular flexibility index (Phi) is 7.74. The zero-order chi connectivity index (χ0) is 16.4. The number of aryl methyl sites for hydroxylation is 1. The number of unbranched alkanes of at least 4 members (excludes halogenated alkanes) is 1. The molecule has 5 heteroatoms. The van der Waals surface area contributed by atoms with Gasteiger partial charge in [-0.1, -0.05) is 12.1 Å². The van der Waals surface area contributed by atoms with Crippen LogP contribution >= 0.6 is 0 Å². The molecular formula is C17H27NO4. The second-order valence-electron chi connectivity index (χ2n) is 6.10. The molecule has 1 aromatic carbocycles. The van der Waals surface area contributed by atoms with E-state index in [2.05, 4.69) is 5.32 Å². The molecule has 0 aliphatic carbocycles. The van der Waals surface area contributed by atoms with E-state index in [9.17, 15) is 4.79 Å². The van der Waals surface area contributed by atoms with Crippen LogP contribution in [0.5, 0.6) is 5.75 Å². The maximum absolute atomic E-state index is 11.5. The summed E-state index contributed by atoms with van der Waals surface area (Å²) in [6, 6.07) is 7.86. The summed E-state index contributed by atoms with van der Waals surface area (Å²) in [5.74, 6) is 0.768. The SMILES string of the molecule is CC(C)(C)OC(=O)NCCCCc1ccc(OCCO)cc1. The summed E-state index contributed by atoms with van der Waals surface area (Å²) in [6.45, 7) is 6.50. The predicted molar refractivity (Wildman–Crippen MR) is 86.2 cm³/mol. The largest absolute Gasteiger partial charge is 0.491 e. The van der Waals surface area contributed by atoms with Gasteiger partial charge in [0.1, 0.15) is 18.0 Å². The van der Waals surface area contributed by atoms with Crippen molar-refractivity contribution in [2.75, 3.05) is 19.8 Å². The van der Waals surface area contributed by atoms with Gasteiger partial charge in [0.25, 0.3) is 0 Å². The maximum atomic E-state index is 11.5. The second-order valence-corrected chi connectivity index (χ2v) is 6.10. The molecule has 0 heterocycles. The van der Waals surface area contributed by atoms with Gasteiger partial charge >= 0.3 is 6.09 Å². The molecule has 0 saturated heterocycles. The summed E-state index contributed by atoms with van der Waals surface area (Å²) in [6.07, 6.45) is 2.49. The molecule has 22 heavy (non-hydrogen) atoms. The lowest BCUT2D eigenvalue weighted by Crippen LogP contribution is -2.33. The maximum Gasteiger partial charge on any atom is 0.407 e. The number of rotatable bonds is 8. The number of carbonyl (C=O) groups excluding carboxylic acids is 1. The fourth-order valence-corrected chi connectivity index (χ4v) is 1.87. The average molecular weight is 309 g/mol. The molecule has 1 aromatic rings. The van der Waals surface area contributed by atoms with E-state index in [1.807, 2.05) is 45.0 Å². The Morgan fingerprint density at radius 2 is 1.86 bits per heavy atom. The third-order valence-corrected chi connectivity index (χ3v) is 2.84. The molecule has 0 unspecified atom stereocenters. The molecule has 0 atom stereocenters. The first-order valence-electron chi connectivity index (χ1n) is 7.70. The van der Waals surface area contributed by atoms with Crippen molar-refractivity contribution in [1.82, 2.24) is 5.32 Å². The number of aliphatic hydroxyl groups excluding tert-OH is 1. The van der Waals surface area contributed by atoms with Crippen molar-refractivity contribution in [1.29, 1.82) is 0 Å². The van der Waals surface area contributed by atoms with Crippen LogP contribution in [0.25, 0.3) is 0 Å². The Morgan fingerprint density at radius 1 is 1.18 bits per heavy atom. The number of hydrogen-bond donors (Lipinski definition) is 2. The van der Waals surface area contributed by atoms with Crippen LogP contribution in [0.2, 0.25) is 0 Å². The topological polar surface area (TPSA) is 67.8 Å². The monoisotopic (exact) mass is 309 g/mol. The molecule has 124 valence electrons. The molecule has 2 N–H and O–H groups in total. The average Bonchev–Trinajstić information content (AvgIpc) is 2.44. The number of alkyl carbamates (subject to hydrolysis) is 1. The fourth-order valence-electron chi connectivity index (χ4n) is 1.87. The highest BCUT2D eigenvalue weighted by molar-refractivity contribution is 5.67. The number of ether oxygens (including phenoxy) is 2. The van der Waals surface area contributed by atoms with Crippen molar-refractivity contribution in [2.45, 2.75) is 45.6 Å². The second kappa shape index (κ2) is 9.30. The third-order valence-electron chi connectivity index (χ3n) is 2.84. The van der Waals surface area contributed by atoms with E-state index in [1.54, 1.807) is 0 Å². The molecule has 1 rings (SSSR count). The van der Waals surface area contributed by atoms with Crippen LogP contribution in [0.1, 0.15) is 39.2 Å². The first kappa shape index (κ1) is 18.3. The number of carbonyl (C=O) groups is 1. The molecule has 5 nitrogen and oxygen atoms in total. The van der Waals surface area contributed by atoms with Crippen LogP contribution in [0.15, 0.2) is 24.3 Å². The van der Waals surface area contributed by atoms with E-state index in [1.165, 1.54) is 5.56 Å². The first-order chi connectivity index (χ1) is 10.4. The van der Waals surface area contributed by atoms with Crippen LogP contribution in [0.3, 0.4) is 0 Å². The smallest absolute Gasteiger partial charge is 0.407 e. The summed E-state index contributed by atoms with van der Waals surface area (Å²) in [5.41, 5.74) is 0.776. The Balaban J connectivity index is 2.15. The molecule has 0 aromatic heterocycles. The Morgan fingerprint density at radius 3 is 2.45 bits per heavy atom. The van der Waals surface area contributed by atoms with Crippen molar-refractivity contribution >= 4 is 6.09 Å². The van der Waals surface area contributed by atoms with E-state index >= 15 is 0 Å². The van der Waals surface area contributed by atoms with Gasteiger partial charge in [0.2, 0.25) is 0 Å². The van der Waals surface area contributed by atoms with Gasteiger partial charge in [-0.2, -0.15) is 0 Å². The molecule has 1 amide bonds. The number of hydrogen-bond acceptors (Lipinski definition) is 4. The van der Waals surface area contributed by atoms with Gasteiger partial charge in [-0.3, -0.25) is 0 Å². The Hall–Kier alpha value is -1.75. The summed E-state index contributed by atoms with van der Waals surface area (Å²) < 4.78 is 10.5. The van der Waals surface area contributed by atoms with Crippen molar-refractivity contribution in [2.24, 2.45) is 0 Å². The number of nitrogens with one attached hydrogen (secondary N) is 1. The van der Waals surface area contributed by atoms with Gasteiger partial charge in [-0.05, 0) is 57.7 Å². The molecule has 0 bridgehead atoms. The quantitative estimate of drug-likeness (QED) is 0.725. The highest BCUT2D eigenvalue weighted by Crippen LogP contribution is 2.13. The van der Waals surface area contributed by atoms with Gasteiger partial charge in [0, 0.05) is 6.54 Å². The molecule has 0 fully saturated rings. The van der Waals surface area contributed by atoms with Gasteiger partial charge in [0.15, 0.2) is 0 Å². The molecule has 0 spiro atoms. The van der Waals surface area contributed by atoms with E-state index in [0.29, 0.717) is 13.2 Å². The van der Waals surface area contributed by atoms with Crippen molar-refractivity contribution in [3.63, 3.8) is 0 Å². The lowest BCUT2D eigenvalue weighted by Gasteiger charge is -2.19. The van der Waals surface area contributed by atoms with Gasteiger partial charge in [-0.25, -0.2) is 4.79 Å². The van der Waals surface area contributed by atoms with Crippen molar-refractivity contribution < 1.29 is 19.4 Å². The fraction of sp³-hybridized carbons (Fsp3) is 0.588. The normalized spacial score (nSPS) is 11.1. The third kappa shape index (κ3) is 8.52. The highest BCUT2D eigenvalue weighted by Gasteiger charge is 2.15. The first-order valence-corrected chi connectivity index (χ1v) is 7.70. The van der Waals surface area contributed by atoms with Crippen LogP contribution in [0, 0.1) is 0 Å². The van der Waals surface area contributed by atoms with Gasteiger partial charge < -0.3 is 19.9 Å². The van der Waals surface area contributed by atoms with Gasteiger partial charge in [0.05, 0.1) is 6.61 Å². The van der Waals surface area contributed by atoms with E-state index in [-0.39, 0.29) is 12.7 Å². The van der Waals surface area contributed by atoms with Crippen LogP contribution in [-0.4, -0.2) is 36.6 Å². The van der Waals surface area contributed by atoms with E-state index in [4.69, 9.17) is 14.6 Å². The predicted octanol–water partition coefficient (Wildman–Crippen LogP) is 2.91. The number of amides is 1. The minimum absolute atomic E-state index is 0.0202. The van der Waals surface area contributed by atoms with Crippen LogP contribution < -0.4 is 10.1 Å². The van der Waals surface area contributed by atoms with E-state index < -0.39 is 5.60 Å². The van der Waals surface area contributed by atoms with Gasteiger partial charge in [-0.15, -0.1) is 0 Å². The summed E-state index contributed by atoms with van der Waals surface area (Å²) in [5, 5.41) is 11.4. The standard InChI is InChI=1S/C17H27NO4/c1-17(2,3)22-16(20)18-11-5-4-6-14-7-9-15(10-8-14)21-13-12-19/h7-10,19H,4-6,11-13H2,1-3H3,(H,18,20). The highest BCUT2D eigenvalue weighted by atomic mass is 16.6. The number of aliphatic hydroxyl groups is 1. The Bertz CT molecular complexity index is 437. The molecule has 0 aliphatic heterocycles. The van der Waals surface area contributed by atoms with Crippen LogP contribution in [-0.2, 0) is 11.2 Å². The van der Waals surface area contributed by atoms with E-state index in [0.717, 1.165) is 25.0 Å². The molecular weight excluding hydrogens is 282 g/mol. The van der Waals surface area contributed by atoms with Crippen LogP contribution in [0.4, 0.5) is 4.79 Å². The number of benzene rings is 1. The zero-order valence-electron chi connectivity index (χ0n) is 13.7. The van der Waals surface area contributed by atoms with Crippen molar-refractivity contribution in [3.05, 3.63) is 29.8 Å².